The van der Waals surface area contributed by atoms with E-state index in [2.05, 4.69) is 4.98 Å². The summed E-state index contributed by atoms with van der Waals surface area (Å²) in [6, 6.07) is 4.97. The Morgan fingerprint density at radius 3 is 2.83 bits per heavy atom. The van der Waals surface area contributed by atoms with Crippen molar-refractivity contribution in [3.05, 3.63) is 36.5 Å². The van der Waals surface area contributed by atoms with E-state index in [1.165, 1.54) is 6.07 Å². The molecule has 1 aromatic carbocycles. The minimum atomic E-state index is -0.559. The highest BCUT2D eigenvalue weighted by molar-refractivity contribution is 5.82. The van der Waals surface area contributed by atoms with E-state index in [0.29, 0.717) is 12.1 Å². The summed E-state index contributed by atoms with van der Waals surface area (Å²) in [5, 5.41) is 20.2. The van der Waals surface area contributed by atoms with Gasteiger partial charge in [0.2, 0.25) is 0 Å². The third-order valence-corrected chi connectivity index (χ3v) is 5.05. The van der Waals surface area contributed by atoms with Gasteiger partial charge in [0.25, 0.3) is 0 Å². The van der Waals surface area contributed by atoms with Crippen molar-refractivity contribution in [2.75, 3.05) is 0 Å². The molecule has 4 rings (SSSR count). The second-order valence-electron chi connectivity index (χ2n) is 6.48. The molecule has 0 bridgehead atoms. The van der Waals surface area contributed by atoms with E-state index < -0.39 is 6.10 Å². The minimum Gasteiger partial charge on any atom is -0.393 e. The van der Waals surface area contributed by atoms with Crippen LogP contribution in [-0.2, 0) is 6.54 Å². The average molecular weight is 317 g/mol. The largest absolute Gasteiger partial charge is 0.393 e. The lowest BCUT2D eigenvalue weighted by Gasteiger charge is -2.29. The van der Waals surface area contributed by atoms with Gasteiger partial charge in [0, 0.05) is 0 Å². The van der Waals surface area contributed by atoms with E-state index in [1.54, 1.807) is 18.6 Å². The number of hydrogen-bond acceptors (Lipinski definition) is 3. The van der Waals surface area contributed by atoms with Crippen LogP contribution < -0.4 is 0 Å². The van der Waals surface area contributed by atoms with Crippen molar-refractivity contribution in [2.45, 2.75) is 44.4 Å². The van der Waals surface area contributed by atoms with Crippen molar-refractivity contribution in [3.63, 3.8) is 0 Å². The third-order valence-electron chi connectivity index (χ3n) is 5.05. The molecule has 3 aromatic rings. The zero-order valence-electron chi connectivity index (χ0n) is 12.8. The maximum Gasteiger partial charge on any atom is 0.149 e. The third kappa shape index (κ3) is 2.42. The Hall–Kier alpha value is -1.92. The van der Waals surface area contributed by atoms with E-state index in [-0.39, 0.29) is 17.8 Å². The number of rotatable bonds is 3. The molecule has 1 unspecified atom stereocenters. The number of halogens is 1. The monoisotopic (exact) mass is 317 g/mol. The van der Waals surface area contributed by atoms with Crippen molar-refractivity contribution in [1.82, 2.24) is 14.0 Å². The molecule has 2 heterocycles. The highest BCUT2D eigenvalue weighted by Gasteiger charge is 2.27. The predicted octanol–water partition coefficient (Wildman–Crippen LogP) is 2.34. The van der Waals surface area contributed by atoms with Crippen LogP contribution in [0.15, 0.2) is 30.7 Å². The van der Waals surface area contributed by atoms with Crippen LogP contribution in [-0.4, -0.2) is 36.4 Å². The van der Waals surface area contributed by atoms with Crippen molar-refractivity contribution < 1.29 is 14.6 Å². The van der Waals surface area contributed by atoms with Gasteiger partial charge in [-0.2, -0.15) is 0 Å². The Balaban J connectivity index is 1.71. The van der Waals surface area contributed by atoms with Gasteiger partial charge in [-0.3, -0.25) is 4.40 Å². The molecule has 6 heteroatoms. The summed E-state index contributed by atoms with van der Waals surface area (Å²) in [5.74, 6) is -0.150. The molecule has 0 amide bonds. The number of nitrogens with zero attached hydrogens (tertiary/aromatic N) is 3. The van der Waals surface area contributed by atoms with E-state index in [1.807, 2.05) is 15.0 Å². The lowest BCUT2D eigenvalue weighted by Crippen LogP contribution is -2.30. The lowest BCUT2D eigenvalue weighted by molar-refractivity contribution is 0.0344. The first-order valence-corrected chi connectivity index (χ1v) is 8.10. The Labute approximate surface area is 133 Å². The van der Waals surface area contributed by atoms with Crippen LogP contribution in [0.1, 0.15) is 25.7 Å². The van der Waals surface area contributed by atoms with E-state index >= 15 is 0 Å². The highest BCUT2D eigenvalue weighted by atomic mass is 19.1. The molecule has 122 valence electrons. The topological polar surface area (TPSA) is 62.7 Å². The zero-order chi connectivity index (χ0) is 16.0. The van der Waals surface area contributed by atoms with Crippen LogP contribution in [0.2, 0.25) is 0 Å². The molecule has 0 spiro atoms. The number of aliphatic hydroxyl groups excluding tert-OH is 2. The molecule has 2 N–H and O–H groups in total. The summed E-state index contributed by atoms with van der Waals surface area (Å²) in [6.07, 6.45) is 5.61. The Bertz CT molecular complexity index is 833. The van der Waals surface area contributed by atoms with Gasteiger partial charge in [-0.05, 0) is 43.7 Å². The normalized spacial score (nSPS) is 23.6. The van der Waals surface area contributed by atoms with Gasteiger partial charge in [-0.25, -0.2) is 9.37 Å². The first-order valence-electron chi connectivity index (χ1n) is 8.10. The fourth-order valence-corrected chi connectivity index (χ4v) is 3.76. The van der Waals surface area contributed by atoms with E-state index in [9.17, 15) is 14.6 Å². The quantitative estimate of drug-likeness (QED) is 0.779. The second-order valence-corrected chi connectivity index (χ2v) is 6.48. The summed E-state index contributed by atoms with van der Waals surface area (Å²) in [5.41, 5.74) is 2.03. The number of aliphatic hydroxyl groups is 2. The molecule has 23 heavy (non-hydrogen) atoms. The first-order chi connectivity index (χ1) is 11.1. The first kappa shape index (κ1) is 14.7. The standard InChI is InChI=1S/C17H20FN3O2/c18-13-2-1-3-14-17(13)20(16-8-19-10-21(14)16)9-15(23)11-4-6-12(22)7-5-11/h1-3,8,10-12,15,22-23H,4-7,9H2. The van der Waals surface area contributed by atoms with Crippen molar-refractivity contribution in [1.29, 1.82) is 0 Å². The maximum absolute atomic E-state index is 14.3. The second kappa shape index (κ2) is 5.62. The number of benzene rings is 1. The minimum absolute atomic E-state index is 0.144. The van der Waals surface area contributed by atoms with Gasteiger partial charge in [0.1, 0.15) is 23.3 Å². The maximum atomic E-state index is 14.3. The van der Waals surface area contributed by atoms with Crippen LogP contribution in [0.4, 0.5) is 4.39 Å². The molecular weight excluding hydrogens is 297 g/mol. The molecule has 1 atom stereocenters. The molecular formula is C17H20FN3O2. The van der Waals surface area contributed by atoms with Crippen molar-refractivity contribution >= 4 is 16.7 Å². The van der Waals surface area contributed by atoms with Crippen molar-refractivity contribution in [2.24, 2.45) is 5.92 Å². The average Bonchev–Trinajstić information content (AvgIpc) is 3.12. The van der Waals surface area contributed by atoms with Gasteiger partial charge in [0.15, 0.2) is 0 Å². The molecule has 1 fully saturated rings. The molecule has 2 aromatic heterocycles. The smallest absolute Gasteiger partial charge is 0.149 e. The van der Waals surface area contributed by atoms with Gasteiger partial charge in [-0.15, -0.1) is 0 Å². The summed E-state index contributed by atoms with van der Waals surface area (Å²) in [7, 11) is 0. The van der Waals surface area contributed by atoms with Crippen LogP contribution >= 0.6 is 0 Å². The van der Waals surface area contributed by atoms with Gasteiger partial charge in [0.05, 0.1) is 30.5 Å². The zero-order valence-corrected chi connectivity index (χ0v) is 12.8. The molecule has 1 saturated carbocycles. The summed E-state index contributed by atoms with van der Waals surface area (Å²) in [6.45, 7) is 0.334. The van der Waals surface area contributed by atoms with Crippen molar-refractivity contribution in [3.8, 4) is 0 Å². The SMILES string of the molecule is OC1CCC(C(O)Cn2c3c(F)cccc3n3cncc23)CC1. The molecule has 0 radical (unpaired) electrons. The van der Waals surface area contributed by atoms with Gasteiger partial charge in [-0.1, -0.05) is 6.07 Å². The number of aromatic nitrogens is 3. The number of imidazole rings is 2. The Kier molecular flexibility index (Phi) is 3.58. The van der Waals surface area contributed by atoms with Gasteiger partial charge < -0.3 is 14.8 Å². The number of hydrogen-bond donors (Lipinski definition) is 2. The van der Waals surface area contributed by atoms with Crippen LogP contribution in [0.5, 0.6) is 0 Å². The fourth-order valence-electron chi connectivity index (χ4n) is 3.76. The number of fused-ring (bicyclic) bond motifs is 3. The summed E-state index contributed by atoms with van der Waals surface area (Å²) in [4.78, 5) is 4.14. The molecule has 0 aliphatic heterocycles. The summed E-state index contributed by atoms with van der Waals surface area (Å²) < 4.78 is 18.0. The van der Waals surface area contributed by atoms with Crippen LogP contribution in [0.25, 0.3) is 16.7 Å². The van der Waals surface area contributed by atoms with Crippen LogP contribution in [0, 0.1) is 11.7 Å². The van der Waals surface area contributed by atoms with E-state index in [0.717, 1.165) is 36.8 Å². The van der Waals surface area contributed by atoms with E-state index in [4.69, 9.17) is 0 Å². The highest BCUT2D eigenvalue weighted by Crippen LogP contribution is 2.30. The van der Waals surface area contributed by atoms with Crippen LogP contribution in [0.3, 0.4) is 0 Å². The summed E-state index contributed by atoms with van der Waals surface area (Å²) >= 11 is 0. The Morgan fingerprint density at radius 2 is 2.04 bits per heavy atom. The molecule has 1 aliphatic rings. The predicted molar refractivity (Wildman–Crippen MR) is 84.6 cm³/mol. The molecule has 5 nitrogen and oxygen atoms in total. The molecule has 1 aliphatic carbocycles. The fraction of sp³-hybridized carbons (Fsp3) is 0.471. The Morgan fingerprint density at radius 1 is 1.26 bits per heavy atom. The lowest BCUT2D eigenvalue weighted by atomic mass is 9.84. The molecule has 0 saturated heterocycles. The number of para-hydroxylation sites is 1. The van der Waals surface area contributed by atoms with Gasteiger partial charge >= 0.3 is 0 Å².